The largest absolute Gasteiger partial charge is 0.378 e. The molecule has 2 rings (SSSR count). The fourth-order valence-corrected chi connectivity index (χ4v) is 4.58. The van der Waals surface area contributed by atoms with E-state index in [1.807, 2.05) is 23.2 Å². The number of hydrogen-bond acceptors (Lipinski definition) is 2. The third-order valence-corrected chi connectivity index (χ3v) is 6.67. The predicted molar refractivity (Wildman–Crippen MR) is 133 cm³/mol. The smallest absolute Gasteiger partial charge is 0.260 e. The van der Waals surface area contributed by atoms with Crippen LogP contribution in [0.5, 0.6) is 0 Å². The van der Waals surface area contributed by atoms with Gasteiger partial charge in [0, 0.05) is 25.6 Å². The molecule has 4 nitrogen and oxygen atoms in total. The molecule has 0 saturated carbocycles. The molecule has 1 aliphatic heterocycles. The van der Waals surface area contributed by atoms with E-state index < -0.39 is 0 Å². The van der Waals surface area contributed by atoms with Crippen LogP contribution in [0.2, 0.25) is 0 Å². The van der Waals surface area contributed by atoms with Crippen molar-refractivity contribution in [3.63, 3.8) is 0 Å². The van der Waals surface area contributed by atoms with Gasteiger partial charge in [-0.2, -0.15) is 0 Å². The summed E-state index contributed by atoms with van der Waals surface area (Å²) in [5.41, 5.74) is 0.797. The van der Waals surface area contributed by atoms with Crippen LogP contribution < -0.4 is 4.57 Å². The second-order valence-electron chi connectivity index (χ2n) is 9.54. The van der Waals surface area contributed by atoms with Crippen LogP contribution in [0.3, 0.4) is 0 Å². The van der Waals surface area contributed by atoms with Crippen molar-refractivity contribution in [3.05, 3.63) is 30.1 Å². The molecule has 0 atom stereocenters. The minimum Gasteiger partial charge on any atom is -0.378 e. The number of ether oxygens (including phenoxy) is 1. The minimum atomic E-state index is 0.134. The second kappa shape index (κ2) is 18.1. The van der Waals surface area contributed by atoms with Gasteiger partial charge in [0.15, 0.2) is 12.4 Å². The van der Waals surface area contributed by atoms with Gasteiger partial charge in [0.1, 0.15) is 12.1 Å². The molecular formula is C28H49N2O2+. The summed E-state index contributed by atoms with van der Waals surface area (Å²) in [7, 11) is 0. The van der Waals surface area contributed by atoms with Gasteiger partial charge in [-0.3, -0.25) is 4.79 Å². The zero-order valence-corrected chi connectivity index (χ0v) is 20.9. The molecule has 32 heavy (non-hydrogen) atoms. The van der Waals surface area contributed by atoms with E-state index in [2.05, 4.69) is 17.7 Å². The average molecular weight is 446 g/mol. The van der Waals surface area contributed by atoms with Crippen LogP contribution in [0, 0.1) is 0 Å². The molecule has 0 aliphatic carbocycles. The van der Waals surface area contributed by atoms with Crippen molar-refractivity contribution in [2.45, 2.75) is 116 Å². The van der Waals surface area contributed by atoms with Gasteiger partial charge in [-0.15, -0.1) is 0 Å². The number of aromatic nitrogens is 1. The summed E-state index contributed by atoms with van der Waals surface area (Å²) in [5, 5.41) is 0. The van der Waals surface area contributed by atoms with E-state index in [1.165, 1.54) is 103 Å². The van der Waals surface area contributed by atoms with Crippen LogP contribution in [0.25, 0.3) is 0 Å². The first-order valence-electron chi connectivity index (χ1n) is 13.7. The first-order valence-corrected chi connectivity index (χ1v) is 13.7. The molecule has 1 fully saturated rings. The minimum absolute atomic E-state index is 0.134. The van der Waals surface area contributed by atoms with E-state index in [4.69, 9.17) is 4.74 Å². The third kappa shape index (κ3) is 12.0. The molecule has 1 aromatic rings. The molecule has 0 bridgehead atoms. The molecule has 182 valence electrons. The number of pyridine rings is 1. The average Bonchev–Trinajstić information content (AvgIpc) is 2.84. The summed E-state index contributed by atoms with van der Waals surface area (Å²) >= 11 is 0. The van der Waals surface area contributed by atoms with Crippen LogP contribution in [0.1, 0.15) is 120 Å². The lowest BCUT2D eigenvalue weighted by molar-refractivity contribution is -0.697. The van der Waals surface area contributed by atoms with Gasteiger partial charge in [-0.25, -0.2) is 4.57 Å². The van der Waals surface area contributed by atoms with E-state index in [0.29, 0.717) is 26.3 Å². The van der Waals surface area contributed by atoms with Gasteiger partial charge in [-0.1, -0.05) is 96.8 Å². The molecule has 0 aromatic carbocycles. The monoisotopic (exact) mass is 445 g/mol. The van der Waals surface area contributed by atoms with E-state index >= 15 is 0 Å². The van der Waals surface area contributed by atoms with Gasteiger partial charge in [0.2, 0.25) is 0 Å². The van der Waals surface area contributed by atoms with E-state index in [0.717, 1.165) is 12.1 Å². The summed E-state index contributed by atoms with van der Waals surface area (Å²) in [6, 6.07) is 3.93. The lowest BCUT2D eigenvalue weighted by Crippen LogP contribution is -2.42. The van der Waals surface area contributed by atoms with Gasteiger partial charge in [-0.05, 0) is 12.5 Å². The van der Waals surface area contributed by atoms with Crippen LogP contribution in [0.15, 0.2) is 24.5 Å². The number of carbonyl (C=O) groups is 1. The van der Waals surface area contributed by atoms with Crippen molar-refractivity contribution in [3.8, 4) is 0 Å². The lowest BCUT2D eigenvalue weighted by Gasteiger charge is -2.26. The molecule has 1 aliphatic rings. The highest BCUT2D eigenvalue weighted by atomic mass is 16.5. The zero-order chi connectivity index (χ0) is 22.7. The zero-order valence-electron chi connectivity index (χ0n) is 20.9. The van der Waals surface area contributed by atoms with E-state index in [1.54, 1.807) is 0 Å². The maximum atomic E-state index is 12.6. The molecule has 4 heteroatoms. The summed E-state index contributed by atoms with van der Waals surface area (Å²) in [5.74, 6) is 0.134. The SMILES string of the molecule is CCCCCCCCCCCCCCCCCC[n+]1cccc(C(=O)N2CCOCC2)c1. The maximum Gasteiger partial charge on any atom is 0.260 e. The first kappa shape index (κ1) is 26.8. The Bertz CT molecular complexity index is 599. The highest BCUT2D eigenvalue weighted by Crippen LogP contribution is 2.14. The molecule has 1 aromatic heterocycles. The number of carbonyl (C=O) groups excluding carboxylic acids is 1. The number of aryl methyl sites for hydroxylation is 1. The standard InChI is InChI=1S/C28H49N2O2/c1-2-3-4-5-6-7-8-9-10-11-12-13-14-15-16-17-20-29-21-18-19-27(26-29)28(31)30-22-24-32-25-23-30/h18-19,21,26H,2-17,20,22-25H2,1H3/q+1. The van der Waals surface area contributed by atoms with Crippen molar-refractivity contribution in [1.29, 1.82) is 0 Å². The van der Waals surface area contributed by atoms with Crippen molar-refractivity contribution in [2.75, 3.05) is 26.3 Å². The number of morpholine rings is 1. The number of unbranched alkanes of at least 4 members (excludes halogenated alkanes) is 15. The molecule has 0 N–H and O–H groups in total. The highest BCUT2D eigenvalue weighted by Gasteiger charge is 2.20. The van der Waals surface area contributed by atoms with Crippen LogP contribution >= 0.6 is 0 Å². The Morgan fingerprint density at radius 3 is 1.84 bits per heavy atom. The first-order chi connectivity index (χ1) is 15.8. The molecule has 0 spiro atoms. The van der Waals surface area contributed by atoms with Crippen molar-refractivity contribution < 1.29 is 14.1 Å². The normalized spacial score (nSPS) is 14.1. The topological polar surface area (TPSA) is 33.4 Å². The van der Waals surface area contributed by atoms with Crippen LogP contribution in [0.4, 0.5) is 0 Å². The fourth-order valence-electron chi connectivity index (χ4n) is 4.58. The number of hydrogen-bond donors (Lipinski definition) is 0. The van der Waals surface area contributed by atoms with Crippen molar-refractivity contribution in [1.82, 2.24) is 4.90 Å². The fraction of sp³-hybridized carbons (Fsp3) is 0.786. The number of nitrogens with zero attached hydrogens (tertiary/aromatic N) is 2. The molecule has 1 saturated heterocycles. The third-order valence-electron chi connectivity index (χ3n) is 6.67. The van der Waals surface area contributed by atoms with E-state index in [9.17, 15) is 4.79 Å². The van der Waals surface area contributed by atoms with E-state index in [-0.39, 0.29) is 5.91 Å². The molecule has 1 amide bonds. The number of rotatable bonds is 18. The Kier molecular flexibility index (Phi) is 15.1. The predicted octanol–water partition coefficient (Wildman–Crippen LogP) is 6.71. The highest BCUT2D eigenvalue weighted by molar-refractivity contribution is 5.93. The Morgan fingerprint density at radius 2 is 1.31 bits per heavy atom. The Balaban J connectivity index is 1.42. The summed E-state index contributed by atoms with van der Waals surface area (Å²) in [6.07, 6.45) is 26.4. The Hall–Kier alpha value is -1.42. The molecular weight excluding hydrogens is 396 g/mol. The Labute approximate surface area is 197 Å². The molecule has 0 radical (unpaired) electrons. The Morgan fingerprint density at radius 1 is 0.812 bits per heavy atom. The lowest BCUT2D eigenvalue weighted by atomic mass is 10.0. The second-order valence-corrected chi connectivity index (χ2v) is 9.54. The quantitative estimate of drug-likeness (QED) is 0.186. The summed E-state index contributed by atoms with van der Waals surface area (Å²) in [4.78, 5) is 14.5. The molecule has 0 unspecified atom stereocenters. The van der Waals surface area contributed by atoms with Gasteiger partial charge in [0.05, 0.1) is 13.2 Å². The van der Waals surface area contributed by atoms with Crippen molar-refractivity contribution >= 4 is 5.91 Å². The van der Waals surface area contributed by atoms with Gasteiger partial charge in [0.25, 0.3) is 5.91 Å². The van der Waals surface area contributed by atoms with Crippen LogP contribution in [-0.2, 0) is 11.3 Å². The van der Waals surface area contributed by atoms with Crippen LogP contribution in [-0.4, -0.2) is 37.1 Å². The number of amides is 1. The maximum absolute atomic E-state index is 12.6. The van der Waals surface area contributed by atoms with Gasteiger partial charge < -0.3 is 9.64 Å². The molecule has 2 heterocycles. The summed E-state index contributed by atoms with van der Waals surface area (Å²) in [6.45, 7) is 5.99. The van der Waals surface area contributed by atoms with Crippen molar-refractivity contribution in [2.24, 2.45) is 0 Å². The summed E-state index contributed by atoms with van der Waals surface area (Å²) < 4.78 is 7.53. The van der Waals surface area contributed by atoms with Gasteiger partial charge >= 0.3 is 0 Å².